The zero-order chi connectivity index (χ0) is 5.11. The van der Waals surface area contributed by atoms with Gasteiger partial charge in [-0.2, -0.15) is 0 Å². The van der Waals surface area contributed by atoms with E-state index in [1.807, 2.05) is 0 Å². The van der Waals surface area contributed by atoms with Crippen molar-refractivity contribution in [2.45, 2.75) is 19.3 Å². The van der Waals surface area contributed by atoms with Crippen molar-refractivity contribution in [2.24, 2.45) is 0 Å². The number of carbonyl (C=O) groups excluding carboxylic acids is 1. The van der Waals surface area contributed by atoms with Gasteiger partial charge in [0, 0.05) is 13.0 Å². The normalized spacial score (nSPS) is 16.7. The molecule has 0 spiro atoms. The number of hydrogen-bond donors (Lipinski definition) is 1. The largest absolute Gasteiger partial charge is 0.412 e. The van der Waals surface area contributed by atoms with Gasteiger partial charge in [-0.1, -0.05) is 0 Å². The molecule has 0 bridgehead atoms. The molecule has 1 fully saturated rings. The summed E-state index contributed by atoms with van der Waals surface area (Å²) >= 11 is 0. The number of amides is 1. The Balaban J connectivity index is 0. The average Bonchev–Trinajstić information content (AvgIpc) is 1.69. The van der Waals surface area contributed by atoms with Crippen molar-refractivity contribution in [3.63, 3.8) is 0 Å². The van der Waals surface area contributed by atoms with Crippen LogP contribution in [0.15, 0.2) is 0 Å². The molecule has 3 nitrogen and oxygen atoms in total. The highest BCUT2D eigenvalue weighted by molar-refractivity contribution is 5.85. The lowest BCUT2D eigenvalue weighted by molar-refractivity contribution is -0.122. The Hall–Kier alpha value is -0.280. The van der Waals surface area contributed by atoms with Crippen LogP contribution in [-0.2, 0) is 4.79 Å². The summed E-state index contributed by atoms with van der Waals surface area (Å²) in [6, 6.07) is 0. The molecule has 1 aliphatic rings. The number of hydrogen-bond acceptors (Lipinski definition) is 1. The van der Waals surface area contributed by atoms with Gasteiger partial charge in [0.05, 0.1) is 0 Å². The highest BCUT2D eigenvalue weighted by Crippen LogP contribution is 1.98. The molecule has 3 N–H and O–H groups in total. The number of carbonyl (C=O) groups is 1. The van der Waals surface area contributed by atoms with Crippen molar-refractivity contribution in [3.05, 3.63) is 0 Å². The van der Waals surface area contributed by atoms with E-state index < -0.39 is 0 Å². The van der Waals surface area contributed by atoms with Gasteiger partial charge in [-0.3, -0.25) is 4.79 Å². The molecule has 0 aliphatic carbocycles. The molecule has 1 amide bonds. The predicted octanol–water partition coefficient (Wildman–Crippen LogP) is -0.116. The third-order valence-electron chi connectivity index (χ3n) is 1.15. The van der Waals surface area contributed by atoms with Crippen molar-refractivity contribution in [1.29, 1.82) is 0 Å². The molecule has 56 valence electrons. The highest BCUT2D eigenvalue weighted by atomic mass is 35.5. The van der Waals surface area contributed by atoms with Crippen LogP contribution in [0.25, 0.3) is 0 Å². The maximum atomic E-state index is 10.4. The van der Waals surface area contributed by atoms with E-state index in [1.165, 1.54) is 0 Å². The SMILES string of the molecule is Cl.O.O=C1CCCCN1. The number of rotatable bonds is 0. The summed E-state index contributed by atoms with van der Waals surface area (Å²) in [6.45, 7) is 0.888. The van der Waals surface area contributed by atoms with Crippen LogP contribution in [0.2, 0.25) is 0 Å². The summed E-state index contributed by atoms with van der Waals surface area (Å²) in [5, 5.41) is 2.74. The molecule has 1 heterocycles. The summed E-state index contributed by atoms with van der Waals surface area (Å²) in [5.41, 5.74) is 0. The minimum atomic E-state index is 0. The van der Waals surface area contributed by atoms with E-state index in [4.69, 9.17) is 0 Å². The molecular formula is C5H12ClNO2. The van der Waals surface area contributed by atoms with Crippen LogP contribution in [0.4, 0.5) is 0 Å². The van der Waals surface area contributed by atoms with E-state index in [0.717, 1.165) is 25.8 Å². The Morgan fingerprint density at radius 3 is 2.22 bits per heavy atom. The first-order chi connectivity index (χ1) is 3.39. The predicted molar refractivity (Wildman–Crippen MR) is 37.7 cm³/mol. The van der Waals surface area contributed by atoms with Crippen molar-refractivity contribution < 1.29 is 10.3 Å². The van der Waals surface area contributed by atoms with Gasteiger partial charge in [0.25, 0.3) is 0 Å². The van der Waals surface area contributed by atoms with Crippen molar-refractivity contribution >= 4 is 18.3 Å². The summed E-state index contributed by atoms with van der Waals surface area (Å²) < 4.78 is 0. The van der Waals surface area contributed by atoms with Gasteiger partial charge in [0.1, 0.15) is 0 Å². The summed E-state index contributed by atoms with van der Waals surface area (Å²) in [4.78, 5) is 10.4. The van der Waals surface area contributed by atoms with Crippen LogP contribution in [0, 0.1) is 0 Å². The molecule has 1 rings (SSSR count). The second kappa shape index (κ2) is 5.85. The van der Waals surface area contributed by atoms with Crippen LogP contribution in [0.3, 0.4) is 0 Å². The van der Waals surface area contributed by atoms with Gasteiger partial charge in [-0.25, -0.2) is 0 Å². The Morgan fingerprint density at radius 2 is 2.00 bits per heavy atom. The second-order valence-corrected chi connectivity index (χ2v) is 1.81. The van der Waals surface area contributed by atoms with Gasteiger partial charge in [0.15, 0.2) is 0 Å². The third kappa shape index (κ3) is 4.24. The first kappa shape index (κ1) is 11.5. The quantitative estimate of drug-likeness (QED) is 0.519. The maximum absolute atomic E-state index is 10.4. The molecule has 0 aromatic carbocycles. The third-order valence-corrected chi connectivity index (χ3v) is 1.15. The zero-order valence-electron chi connectivity index (χ0n) is 5.14. The minimum Gasteiger partial charge on any atom is -0.412 e. The fraction of sp³-hybridized carbons (Fsp3) is 0.800. The molecule has 0 saturated carbocycles. The van der Waals surface area contributed by atoms with Crippen LogP contribution >= 0.6 is 12.4 Å². The summed E-state index contributed by atoms with van der Waals surface area (Å²) in [6.07, 6.45) is 2.97. The topological polar surface area (TPSA) is 60.6 Å². The molecule has 0 radical (unpaired) electrons. The van der Waals surface area contributed by atoms with Gasteiger partial charge < -0.3 is 10.8 Å². The van der Waals surface area contributed by atoms with E-state index in [-0.39, 0.29) is 23.8 Å². The number of piperidine rings is 1. The van der Waals surface area contributed by atoms with Gasteiger partial charge in [0.2, 0.25) is 5.91 Å². The van der Waals surface area contributed by atoms with E-state index >= 15 is 0 Å². The molecule has 4 heteroatoms. The zero-order valence-corrected chi connectivity index (χ0v) is 5.96. The fourth-order valence-corrected chi connectivity index (χ4v) is 0.727. The molecule has 1 aliphatic heterocycles. The molecule has 0 aromatic rings. The lowest BCUT2D eigenvalue weighted by Crippen LogP contribution is -2.28. The minimum absolute atomic E-state index is 0. The molecule has 0 aromatic heterocycles. The lowest BCUT2D eigenvalue weighted by atomic mass is 10.2. The van der Waals surface area contributed by atoms with E-state index in [1.54, 1.807) is 0 Å². The van der Waals surface area contributed by atoms with Gasteiger partial charge in [-0.05, 0) is 12.8 Å². The van der Waals surface area contributed by atoms with Crippen molar-refractivity contribution in [2.75, 3.05) is 6.54 Å². The van der Waals surface area contributed by atoms with E-state index in [2.05, 4.69) is 5.32 Å². The van der Waals surface area contributed by atoms with Crippen LogP contribution in [0.1, 0.15) is 19.3 Å². The van der Waals surface area contributed by atoms with Crippen LogP contribution < -0.4 is 5.32 Å². The smallest absolute Gasteiger partial charge is 0.219 e. The first-order valence-electron chi connectivity index (χ1n) is 2.66. The van der Waals surface area contributed by atoms with Gasteiger partial charge in [-0.15, -0.1) is 12.4 Å². The molecule has 0 unspecified atom stereocenters. The molecule has 9 heavy (non-hydrogen) atoms. The van der Waals surface area contributed by atoms with Crippen molar-refractivity contribution in [3.8, 4) is 0 Å². The average molecular weight is 154 g/mol. The van der Waals surface area contributed by atoms with E-state index in [0.29, 0.717) is 0 Å². The molecular weight excluding hydrogens is 142 g/mol. The van der Waals surface area contributed by atoms with E-state index in [9.17, 15) is 4.79 Å². The fourth-order valence-electron chi connectivity index (χ4n) is 0.727. The van der Waals surface area contributed by atoms with Crippen molar-refractivity contribution in [1.82, 2.24) is 5.32 Å². The highest BCUT2D eigenvalue weighted by Gasteiger charge is 2.04. The summed E-state index contributed by atoms with van der Waals surface area (Å²) in [7, 11) is 0. The first-order valence-corrected chi connectivity index (χ1v) is 2.66. The Kier molecular flexibility index (Phi) is 7.48. The van der Waals surface area contributed by atoms with Crippen LogP contribution in [-0.4, -0.2) is 17.9 Å². The molecule has 1 saturated heterocycles. The second-order valence-electron chi connectivity index (χ2n) is 1.81. The Labute approximate surface area is 60.5 Å². The number of halogens is 1. The summed E-state index contributed by atoms with van der Waals surface area (Å²) in [5.74, 6) is 0.214. The maximum Gasteiger partial charge on any atom is 0.219 e. The van der Waals surface area contributed by atoms with Crippen LogP contribution in [0.5, 0.6) is 0 Å². The number of nitrogens with one attached hydrogen (secondary N) is 1. The molecule has 0 atom stereocenters. The standard InChI is InChI=1S/C5H9NO.ClH.H2O/c7-5-3-1-2-4-6-5;;/h1-4H2,(H,6,7);1H;1H2. The Bertz CT molecular complexity index is 79.0. The monoisotopic (exact) mass is 153 g/mol. The lowest BCUT2D eigenvalue weighted by Gasteiger charge is -2.08. The van der Waals surface area contributed by atoms with Gasteiger partial charge >= 0.3 is 0 Å². The Morgan fingerprint density at radius 1 is 1.33 bits per heavy atom.